The molecule has 0 aliphatic carbocycles. The van der Waals surface area contributed by atoms with Gasteiger partial charge in [-0.2, -0.15) is 0 Å². The maximum atomic E-state index is 14.3. The van der Waals surface area contributed by atoms with E-state index in [0.29, 0.717) is 28.0 Å². The van der Waals surface area contributed by atoms with E-state index in [2.05, 4.69) is 4.98 Å². The van der Waals surface area contributed by atoms with Crippen LogP contribution in [0.15, 0.2) is 30.3 Å². The molecule has 2 N–H and O–H groups in total. The first-order valence-corrected chi connectivity index (χ1v) is 8.21. The van der Waals surface area contributed by atoms with E-state index in [4.69, 9.17) is 9.47 Å². The largest absolute Gasteiger partial charge is 0.485 e. The molecule has 1 atom stereocenters. The molecule has 0 saturated carbocycles. The standard InChI is InChI=1S/C19H14F3NO3/c20-9-1-2-11-14(5-9)26-15(6-19(24)7-25-8-19)16-12-3-10(21)4-13(22)17(12)23-18(11)16/h1-5,15,23-24H,6-8H2. The second-order valence-corrected chi connectivity index (χ2v) is 6.89. The summed E-state index contributed by atoms with van der Waals surface area (Å²) in [5.41, 5.74) is 0.726. The van der Waals surface area contributed by atoms with Crippen LogP contribution in [0.5, 0.6) is 5.75 Å². The first-order chi connectivity index (χ1) is 12.4. The average Bonchev–Trinajstić information content (AvgIpc) is 2.93. The minimum Gasteiger partial charge on any atom is -0.485 e. The Morgan fingerprint density at radius 2 is 1.92 bits per heavy atom. The van der Waals surface area contributed by atoms with Gasteiger partial charge in [0.2, 0.25) is 0 Å². The Bertz CT molecular complexity index is 1040. The highest BCUT2D eigenvalue weighted by molar-refractivity contribution is 5.93. The predicted octanol–water partition coefficient (Wildman–Crippen LogP) is 3.84. The summed E-state index contributed by atoms with van der Waals surface area (Å²) in [6.45, 7) is 0.312. The van der Waals surface area contributed by atoms with Gasteiger partial charge in [-0.15, -0.1) is 0 Å². The van der Waals surface area contributed by atoms with Gasteiger partial charge < -0.3 is 19.6 Å². The molecule has 2 aliphatic heterocycles. The van der Waals surface area contributed by atoms with Gasteiger partial charge in [0.15, 0.2) is 0 Å². The number of halogens is 3. The van der Waals surface area contributed by atoms with Gasteiger partial charge in [0, 0.05) is 35.1 Å². The van der Waals surface area contributed by atoms with E-state index < -0.39 is 29.2 Å². The molecule has 1 unspecified atom stereocenters. The maximum absolute atomic E-state index is 14.3. The molecule has 5 rings (SSSR count). The summed E-state index contributed by atoms with van der Waals surface area (Å²) in [6.07, 6.45) is -0.524. The van der Waals surface area contributed by atoms with Crippen molar-refractivity contribution in [3.63, 3.8) is 0 Å². The van der Waals surface area contributed by atoms with Crippen LogP contribution in [0, 0.1) is 17.5 Å². The average molecular weight is 361 g/mol. The lowest BCUT2D eigenvalue weighted by atomic mass is 9.87. The van der Waals surface area contributed by atoms with E-state index in [1.165, 1.54) is 24.3 Å². The van der Waals surface area contributed by atoms with Crippen LogP contribution in [0.25, 0.3) is 22.2 Å². The zero-order valence-electron chi connectivity index (χ0n) is 13.5. The molecule has 1 fully saturated rings. The van der Waals surface area contributed by atoms with Crippen LogP contribution >= 0.6 is 0 Å². The zero-order chi connectivity index (χ0) is 18.1. The number of aromatic amines is 1. The monoisotopic (exact) mass is 361 g/mol. The van der Waals surface area contributed by atoms with Gasteiger partial charge >= 0.3 is 0 Å². The van der Waals surface area contributed by atoms with Crippen LogP contribution in [0.3, 0.4) is 0 Å². The van der Waals surface area contributed by atoms with Crippen LogP contribution in [-0.4, -0.2) is 28.9 Å². The molecule has 3 heterocycles. The van der Waals surface area contributed by atoms with E-state index >= 15 is 0 Å². The molecule has 26 heavy (non-hydrogen) atoms. The van der Waals surface area contributed by atoms with Crippen LogP contribution < -0.4 is 4.74 Å². The molecule has 1 aromatic heterocycles. The fourth-order valence-electron chi connectivity index (χ4n) is 3.74. The normalized spacial score (nSPS) is 20.2. The number of nitrogens with one attached hydrogen (secondary N) is 1. The van der Waals surface area contributed by atoms with E-state index in [1.807, 2.05) is 0 Å². The first kappa shape index (κ1) is 15.7. The summed E-state index contributed by atoms with van der Waals surface area (Å²) in [4.78, 5) is 2.98. The van der Waals surface area contributed by atoms with Crippen molar-refractivity contribution in [3.05, 3.63) is 53.3 Å². The van der Waals surface area contributed by atoms with E-state index in [9.17, 15) is 18.3 Å². The van der Waals surface area contributed by atoms with Gasteiger partial charge in [-0.25, -0.2) is 13.2 Å². The Balaban J connectivity index is 1.75. The van der Waals surface area contributed by atoms with Crippen LogP contribution in [-0.2, 0) is 4.74 Å². The van der Waals surface area contributed by atoms with Crippen molar-refractivity contribution in [2.45, 2.75) is 18.1 Å². The van der Waals surface area contributed by atoms with Crippen molar-refractivity contribution >= 4 is 10.9 Å². The van der Waals surface area contributed by atoms with E-state index in [0.717, 1.165) is 6.07 Å². The second-order valence-electron chi connectivity index (χ2n) is 6.89. The second kappa shape index (κ2) is 5.25. The Hall–Kier alpha value is -2.51. The highest BCUT2D eigenvalue weighted by Gasteiger charge is 2.42. The Labute approximate surface area is 146 Å². The maximum Gasteiger partial charge on any atom is 0.150 e. The van der Waals surface area contributed by atoms with Crippen molar-refractivity contribution in [2.75, 3.05) is 13.2 Å². The number of fused-ring (bicyclic) bond motifs is 5. The molecule has 4 nitrogen and oxygen atoms in total. The predicted molar refractivity (Wildman–Crippen MR) is 87.4 cm³/mol. The number of H-pyrrole nitrogens is 1. The summed E-state index contributed by atoms with van der Waals surface area (Å²) in [5, 5.41) is 10.8. The molecule has 0 spiro atoms. The number of benzene rings is 2. The molecule has 0 bridgehead atoms. The molecule has 1 saturated heterocycles. The minimum absolute atomic E-state index is 0.152. The third-order valence-electron chi connectivity index (χ3n) is 4.98. The number of ether oxygens (including phenoxy) is 2. The molecule has 2 aromatic carbocycles. The van der Waals surface area contributed by atoms with Crippen molar-refractivity contribution < 1.29 is 27.8 Å². The summed E-state index contributed by atoms with van der Waals surface area (Å²) >= 11 is 0. The number of hydrogen-bond donors (Lipinski definition) is 2. The van der Waals surface area contributed by atoms with E-state index in [-0.39, 0.29) is 25.2 Å². The fourth-order valence-corrected chi connectivity index (χ4v) is 3.74. The van der Waals surface area contributed by atoms with Gasteiger partial charge in [0.05, 0.1) is 24.4 Å². The third-order valence-corrected chi connectivity index (χ3v) is 4.98. The lowest BCUT2D eigenvalue weighted by Gasteiger charge is -2.40. The molecule has 7 heteroatoms. The Kier molecular flexibility index (Phi) is 3.17. The number of aliphatic hydroxyl groups is 1. The van der Waals surface area contributed by atoms with E-state index in [1.54, 1.807) is 0 Å². The van der Waals surface area contributed by atoms with Crippen LogP contribution in [0.1, 0.15) is 18.1 Å². The van der Waals surface area contributed by atoms with Gasteiger partial charge in [0.25, 0.3) is 0 Å². The number of hydrogen-bond acceptors (Lipinski definition) is 3. The van der Waals surface area contributed by atoms with Gasteiger partial charge in [-0.1, -0.05) is 0 Å². The smallest absolute Gasteiger partial charge is 0.150 e. The van der Waals surface area contributed by atoms with Crippen molar-refractivity contribution in [1.29, 1.82) is 0 Å². The zero-order valence-corrected chi connectivity index (χ0v) is 13.5. The van der Waals surface area contributed by atoms with Crippen LogP contribution in [0.4, 0.5) is 13.2 Å². The molecular formula is C19H14F3NO3. The lowest BCUT2D eigenvalue weighted by Crippen LogP contribution is -2.51. The highest BCUT2D eigenvalue weighted by Crippen LogP contribution is 2.48. The molecule has 134 valence electrons. The molecule has 3 aromatic rings. The summed E-state index contributed by atoms with van der Waals surface area (Å²) < 4.78 is 52.8. The SMILES string of the molecule is OC1(CC2Oc3cc(F)ccc3-c3[nH]c4c(F)cc(F)cc4c32)COC1. The summed E-state index contributed by atoms with van der Waals surface area (Å²) in [6, 6.07) is 6.10. The fraction of sp³-hybridized carbons (Fsp3) is 0.263. The molecule has 0 amide bonds. The first-order valence-electron chi connectivity index (χ1n) is 8.21. The topological polar surface area (TPSA) is 54.5 Å². The number of rotatable bonds is 2. The van der Waals surface area contributed by atoms with Gasteiger partial charge in [-0.05, 0) is 18.2 Å². The molecule has 2 aliphatic rings. The molecular weight excluding hydrogens is 347 g/mol. The minimum atomic E-state index is -1.08. The number of aromatic nitrogens is 1. The third kappa shape index (κ3) is 2.24. The quantitative estimate of drug-likeness (QED) is 0.729. The van der Waals surface area contributed by atoms with Gasteiger partial charge in [-0.3, -0.25) is 0 Å². The van der Waals surface area contributed by atoms with Crippen LogP contribution in [0.2, 0.25) is 0 Å². The van der Waals surface area contributed by atoms with Crippen molar-refractivity contribution in [1.82, 2.24) is 4.98 Å². The Morgan fingerprint density at radius 3 is 2.65 bits per heavy atom. The Morgan fingerprint density at radius 1 is 1.12 bits per heavy atom. The van der Waals surface area contributed by atoms with Crippen molar-refractivity contribution in [2.24, 2.45) is 0 Å². The summed E-state index contributed by atoms with van der Waals surface area (Å²) in [7, 11) is 0. The highest BCUT2D eigenvalue weighted by atomic mass is 19.1. The van der Waals surface area contributed by atoms with Gasteiger partial charge in [0.1, 0.15) is 34.9 Å². The van der Waals surface area contributed by atoms with Crippen molar-refractivity contribution in [3.8, 4) is 17.0 Å². The summed E-state index contributed by atoms with van der Waals surface area (Å²) in [5.74, 6) is -1.60. The molecule has 0 radical (unpaired) electrons. The lowest BCUT2D eigenvalue weighted by molar-refractivity contribution is -0.191.